The molecular weight excluding hydrogens is 491 g/mol. The molecule has 0 N–H and O–H groups in total. The highest BCUT2D eigenvalue weighted by Gasteiger charge is 2.36. The molecule has 10 heteroatoms. The Labute approximate surface area is 209 Å². The van der Waals surface area contributed by atoms with E-state index in [1.54, 1.807) is 24.8 Å². The van der Waals surface area contributed by atoms with Crippen molar-refractivity contribution in [3.05, 3.63) is 94.6 Å². The maximum absolute atomic E-state index is 10.7. The van der Waals surface area contributed by atoms with Gasteiger partial charge in [0.1, 0.15) is 6.54 Å². The van der Waals surface area contributed by atoms with Gasteiger partial charge in [-0.25, -0.2) is 8.42 Å². The Morgan fingerprint density at radius 2 is 1.19 bits per heavy atom. The molecule has 6 nitrogen and oxygen atoms in total. The third-order valence-electron chi connectivity index (χ3n) is 4.45. The Hall–Kier alpha value is -3.70. The van der Waals surface area contributed by atoms with E-state index in [2.05, 4.69) is 73.8 Å². The van der Waals surface area contributed by atoms with Gasteiger partial charge in [0, 0.05) is 52.6 Å². The highest BCUT2D eigenvalue weighted by atomic mass is 32.2. The number of pyridine rings is 2. The van der Waals surface area contributed by atoms with Crippen molar-refractivity contribution in [3.63, 3.8) is 0 Å². The lowest BCUT2D eigenvalue weighted by Crippen LogP contribution is -2.33. The zero-order valence-electron chi connectivity index (χ0n) is 20.1. The molecular formula is C26H24F3N3O3S. The summed E-state index contributed by atoms with van der Waals surface area (Å²) in [5.74, 6) is 13.1. The summed E-state index contributed by atoms with van der Waals surface area (Å²) in [4.78, 5) is 8.09. The largest absolute Gasteiger partial charge is 0.741 e. The second-order valence-electron chi connectivity index (χ2n) is 8.64. The highest BCUT2D eigenvalue weighted by molar-refractivity contribution is 7.86. The molecule has 3 rings (SSSR count). The molecule has 0 saturated heterocycles. The third kappa shape index (κ3) is 9.51. The number of benzene rings is 1. The van der Waals surface area contributed by atoms with Gasteiger partial charge in [0.15, 0.2) is 10.1 Å². The molecule has 0 aliphatic heterocycles. The Balaban J connectivity index is 0.000000493. The molecule has 0 atom stereocenters. The molecule has 0 radical (unpaired) electrons. The number of alkyl halides is 3. The van der Waals surface area contributed by atoms with Crippen LogP contribution in [0.25, 0.3) is 0 Å². The number of aromatic nitrogens is 2. The van der Waals surface area contributed by atoms with E-state index < -0.39 is 15.6 Å². The molecule has 36 heavy (non-hydrogen) atoms. The van der Waals surface area contributed by atoms with Crippen molar-refractivity contribution < 1.29 is 30.6 Å². The molecule has 2 heterocycles. The van der Waals surface area contributed by atoms with Crippen molar-refractivity contribution in [1.29, 1.82) is 0 Å². The lowest BCUT2D eigenvalue weighted by atomic mass is 9.98. The van der Waals surface area contributed by atoms with Crippen molar-refractivity contribution in [3.8, 4) is 23.7 Å². The van der Waals surface area contributed by atoms with Gasteiger partial charge >= 0.3 is 5.51 Å². The van der Waals surface area contributed by atoms with Gasteiger partial charge in [-0.1, -0.05) is 23.7 Å². The molecule has 0 bridgehead atoms. The normalized spacial score (nSPS) is 11.2. The van der Waals surface area contributed by atoms with E-state index in [-0.39, 0.29) is 0 Å². The van der Waals surface area contributed by atoms with Crippen LogP contribution in [-0.4, -0.2) is 54.1 Å². The first-order valence-electron chi connectivity index (χ1n) is 10.5. The molecule has 0 fully saturated rings. The molecule has 188 valence electrons. The highest BCUT2D eigenvalue weighted by Crippen LogP contribution is 2.20. The lowest BCUT2D eigenvalue weighted by molar-refractivity contribution is -0.884. The fourth-order valence-electron chi connectivity index (χ4n) is 2.82. The first kappa shape index (κ1) is 28.5. The van der Waals surface area contributed by atoms with E-state index in [1.165, 1.54) is 5.56 Å². The number of hydrogen-bond donors (Lipinski definition) is 0. The van der Waals surface area contributed by atoms with Crippen molar-refractivity contribution in [1.82, 2.24) is 9.97 Å². The Bertz CT molecular complexity index is 1330. The monoisotopic (exact) mass is 515 g/mol. The number of hydrogen-bond acceptors (Lipinski definition) is 5. The smallest absolute Gasteiger partial charge is 0.485 e. The van der Waals surface area contributed by atoms with Crippen LogP contribution in [-0.2, 0) is 16.7 Å². The summed E-state index contributed by atoms with van der Waals surface area (Å²) in [5.41, 5.74) is 0.632. The van der Waals surface area contributed by atoms with Crippen molar-refractivity contribution in [2.24, 2.45) is 0 Å². The second-order valence-corrected chi connectivity index (χ2v) is 10.0. The van der Waals surface area contributed by atoms with Gasteiger partial charge in [0.25, 0.3) is 0 Å². The minimum Gasteiger partial charge on any atom is -0.741 e. The van der Waals surface area contributed by atoms with Gasteiger partial charge in [-0.05, 0) is 48.9 Å². The van der Waals surface area contributed by atoms with Crippen LogP contribution >= 0.6 is 0 Å². The Kier molecular flexibility index (Phi) is 9.37. The van der Waals surface area contributed by atoms with Crippen LogP contribution < -0.4 is 0 Å². The van der Waals surface area contributed by atoms with Crippen molar-refractivity contribution in [2.75, 3.05) is 21.1 Å². The average Bonchev–Trinajstić information content (AvgIpc) is 2.78. The predicted octanol–water partition coefficient (Wildman–Crippen LogP) is 3.84. The fraction of sp³-hybridized carbons (Fsp3) is 0.231. The van der Waals surface area contributed by atoms with E-state index in [0.29, 0.717) is 0 Å². The van der Waals surface area contributed by atoms with Crippen LogP contribution in [0.2, 0.25) is 0 Å². The number of halogens is 3. The molecule has 0 amide bonds. The summed E-state index contributed by atoms with van der Waals surface area (Å²) < 4.78 is 59.7. The number of nitrogens with zero attached hydrogens (tertiary/aromatic N) is 3. The third-order valence-corrected chi connectivity index (χ3v) is 5.02. The zero-order valence-corrected chi connectivity index (χ0v) is 20.9. The lowest BCUT2D eigenvalue weighted by Gasteiger charge is -2.24. The summed E-state index contributed by atoms with van der Waals surface area (Å²) >= 11 is 0. The van der Waals surface area contributed by atoms with Crippen LogP contribution in [0.15, 0.2) is 61.2 Å². The standard InChI is InChI=1S/C25H24N3.CHF3O3S/c1-20-24(7-5-21-9-13-26-14-10-21)17-23(19-28(2,3)4)18-25(20)8-6-22-11-15-27-16-12-22;2-1(3,4)8(5,6)7/h9-18H,19H2,1-4H3;(H,5,6,7)/q+1;/p-1. The molecule has 1 aromatic carbocycles. The minimum absolute atomic E-state index is 0.845. The molecule has 2 aromatic heterocycles. The molecule has 0 aliphatic carbocycles. The SMILES string of the molecule is Cc1c(C#Cc2ccncc2)cc(C[N+](C)(C)C)cc1C#Cc1ccncc1.O=S(=O)([O-])C(F)(F)F. The fourth-order valence-corrected chi connectivity index (χ4v) is 2.82. The van der Waals surface area contributed by atoms with Crippen LogP contribution in [0, 0.1) is 30.6 Å². The van der Waals surface area contributed by atoms with Gasteiger partial charge in [-0.15, -0.1) is 0 Å². The zero-order chi connectivity index (χ0) is 27.0. The van der Waals surface area contributed by atoms with Crippen LogP contribution in [0.5, 0.6) is 0 Å². The van der Waals surface area contributed by atoms with Crippen LogP contribution in [0.3, 0.4) is 0 Å². The topological polar surface area (TPSA) is 83.0 Å². The van der Waals surface area contributed by atoms with Crippen molar-refractivity contribution >= 4 is 10.1 Å². The van der Waals surface area contributed by atoms with Gasteiger partial charge in [0.2, 0.25) is 0 Å². The summed E-state index contributed by atoms with van der Waals surface area (Å²) in [7, 11) is 0.465. The predicted molar refractivity (Wildman–Crippen MR) is 129 cm³/mol. The maximum Gasteiger partial charge on any atom is 0.485 e. The summed E-state index contributed by atoms with van der Waals surface area (Å²) in [6, 6.07) is 12.0. The maximum atomic E-state index is 10.7. The number of rotatable bonds is 2. The molecule has 3 aromatic rings. The Morgan fingerprint density at radius 1 is 0.833 bits per heavy atom. The molecule has 0 unspecified atom stereocenters. The van der Waals surface area contributed by atoms with Gasteiger partial charge < -0.3 is 9.04 Å². The molecule has 0 aliphatic rings. The Morgan fingerprint density at radius 3 is 1.50 bits per heavy atom. The van der Waals surface area contributed by atoms with E-state index in [9.17, 15) is 13.2 Å². The van der Waals surface area contributed by atoms with E-state index in [1.807, 2.05) is 24.3 Å². The van der Waals surface area contributed by atoms with Gasteiger partial charge in [0.05, 0.1) is 21.1 Å². The van der Waals surface area contributed by atoms with Gasteiger partial charge in [-0.2, -0.15) is 13.2 Å². The molecule has 0 saturated carbocycles. The summed E-state index contributed by atoms with van der Waals surface area (Å²) in [5, 5.41) is 0. The van der Waals surface area contributed by atoms with Crippen molar-refractivity contribution in [2.45, 2.75) is 19.0 Å². The van der Waals surface area contributed by atoms with E-state index in [0.717, 1.165) is 38.8 Å². The first-order valence-corrected chi connectivity index (χ1v) is 11.9. The van der Waals surface area contributed by atoms with E-state index in [4.69, 9.17) is 13.0 Å². The second kappa shape index (κ2) is 11.8. The quantitative estimate of drug-likeness (QED) is 0.224. The minimum atomic E-state index is -6.09. The van der Waals surface area contributed by atoms with Crippen LogP contribution in [0.4, 0.5) is 13.2 Å². The number of quaternary nitrogens is 1. The van der Waals surface area contributed by atoms with Gasteiger partial charge in [-0.3, -0.25) is 9.97 Å². The first-order chi connectivity index (χ1) is 16.7. The summed E-state index contributed by atoms with van der Waals surface area (Å²) in [6.45, 7) is 3.00. The van der Waals surface area contributed by atoms with E-state index >= 15 is 0 Å². The molecule has 0 spiro atoms. The summed E-state index contributed by atoms with van der Waals surface area (Å²) in [6.07, 6.45) is 7.04. The van der Waals surface area contributed by atoms with Crippen LogP contribution in [0.1, 0.15) is 33.4 Å². The average molecular weight is 516 g/mol.